The minimum Gasteiger partial charge on any atom is -0.389 e. The maximum Gasteiger partial charge on any atom is 0.226 e. The quantitative estimate of drug-likeness (QED) is 0.275. The number of aromatic nitrogens is 3. The molecule has 0 spiro atoms. The minimum absolute atomic E-state index is 0.0354. The molecular weight excluding hydrogens is 546 g/mol. The number of rotatable bonds is 4. The van der Waals surface area contributed by atoms with Crippen LogP contribution in [0.4, 0.5) is 19.7 Å². The highest BCUT2D eigenvalue weighted by molar-refractivity contribution is 7.23. The van der Waals surface area contributed by atoms with E-state index in [1.807, 2.05) is 24.8 Å². The van der Waals surface area contributed by atoms with Crippen molar-refractivity contribution in [1.29, 1.82) is 5.26 Å². The average molecular weight is 583 g/mol. The van der Waals surface area contributed by atoms with Gasteiger partial charge in [0.05, 0.1) is 41.5 Å². The summed E-state index contributed by atoms with van der Waals surface area (Å²) >= 11 is 0.946. The van der Waals surface area contributed by atoms with E-state index in [1.54, 1.807) is 13.3 Å². The van der Waals surface area contributed by atoms with Crippen molar-refractivity contribution in [1.82, 2.24) is 15.0 Å². The first-order valence-electron chi connectivity index (χ1n) is 14.0. The molecule has 0 aliphatic carbocycles. The van der Waals surface area contributed by atoms with Gasteiger partial charge in [-0.15, -0.1) is 11.3 Å². The highest BCUT2D eigenvalue weighted by Gasteiger charge is 2.33. The van der Waals surface area contributed by atoms with E-state index < -0.39 is 11.6 Å². The van der Waals surface area contributed by atoms with E-state index in [0.717, 1.165) is 23.1 Å². The van der Waals surface area contributed by atoms with E-state index in [1.165, 1.54) is 12.8 Å². The van der Waals surface area contributed by atoms with Crippen molar-refractivity contribution in [3.05, 3.63) is 40.7 Å². The summed E-state index contributed by atoms with van der Waals surface area (Å²) in [5, 5.41) is 10.6. The van der Waals surface area contributed by atoms with Gasteiger partial charge in [0.1, 0.15) is 16.6 Å². The van der Waals surface area contributed by atoms with Gasteiger partial charge in [0.2, 0.25) is 5.95 Å². The first-order valence-corrected chi connectivity index (χ1v) is 14.8. The second-order valence-electron chi connectivity index (χ2n) is 9.84. The number of halogens is 2. The van der Waals surface area contributed by atoms with Crippen molar-refractivity contribution in [3.8, 4) is 17.3 Å². The number of anilines is 2. The Bertz CT molecular complexity index is 1600. The molecule has 1 fully saturated rings. The molecule has 5 heterocycles. The number of benzene rings is 1. The molecule has 2 unspecified atom stereocenters. The molecule has 8 nitrogen and oxygen atoms in total. The third-order valence-corrected chi connectivity index (χ3v) is 8.39. The maximum absolute atomic E-state index is 16.3. The van der Waals surface area contributed by atoms with Gasteiger partial charge in [-0.25, -0.2) is 18.7 Å². The number of nitrogen functional groups attached to an aromatic ring is 1. The number of unbranched alkanes of at least 4 members (excludes halogenated alkanes) is 1. The van der Waals surface area contributed by atoms with Gasteiger partial charge < -0.3 is 20.1 Å². The monoisotopic (exact) mass is 582 g/mol. The first-order chi connectivity index (χ1) is 19.8. The zero-order valence-electron chi connectivity index (χ0n) is 24.3. The maximum atomic E-state index is 16.3. The largest absolute Gasteiger partial charge is 0.389 e. The number of fused-ring (bicyclic) bond motifs is 4. The molecule has 6 rings (SSSR count). The molecule has 2 atom stereocenters. The van der Waals surface area contributed by atoms with Crippen LogP contribution in [0.25, 0.3) is 32.2 Å². The normalized spacial score (nSPS) is 17.6. The van der Waals surface area contributed by atoms with Crippen molar-refractivity contribution >= 4 is 43.3 Å². The second-order valence-corrected chi connectivity index (χ2v) is 10.9. The highest BCUT2D eigenvalue weighted by atomic mass is 32.1. The molecule has 2 aliphatic rings. The van der Waals surface area contributed by atoms with Crippen molar-refractivity contribution in [2.75, 3.05) is 30.8 Å². The summed E-state index contributed by atoms with van der Waals surface area (Å²) in [4.78, 5) is 15.3. The Morgan fingerprint density at radius 1 is 1.15 bits per heavy atom. The molecule has 11 heteroatoms. The van der Waals surface area contributed by atoms with Crippen LogP contribution in [0.2, 0.25) is 0 Å². The number of hydrogen-bond donors (Lipinski definition) is 1. The molecule has 0 saturated carbocycles. The summed E-state index contributed by atoms with van der Waals surface area (Å²) in [7, 11) is 1.67. The Hall–Kier alpha value is -3.46. The van der Waals surface area contributed by atoms with Gasteiger partial charge in [-0.05, 0) is 11.1 Å². The fourth-order valence-corrected chi connectivity index (χ4v) is 6.02. The zero-order valence-corrected chi connectivity index (χ0v) is 25.2. The number of ether oxygens (including phenoxy) is 2. The van der Waals surface area contributed by atoms with E-state index >= 15 is 4.39 Å². The van der Waals surface area contributed by atoms with E-state index in [2.05, 4.69) is 35.7 Å². The van der Waals surface area contributed by atoms with Crippen LogP contribution in [-0.4, -0.2) is 41.3 Å². The molecule has 3 aromatic heterocycles. The van der Waals surface area contributed by atoms with Gasteiger partial charge in [0, 0.05) is 48.6 Å². The van der Waals surface area contributed by atoms with Crippen LogP contribution in [0.1, 0.15) is 64.2 Å². The summed E-state index contributed by atoms with van der Waals surface area (Å²) in [6.07, 6.45) is 5.33. The summed E-state index contributed by atoms with van der Waals surface area (Å²) in [6.45, 7) is 12.1. The smallest absolute Gasteiger partial charge is 0.226 e. The molecule has 0 bridgehead atoms. The minimum atomic E-state index is -0.614. The molecule has 0 amide bonds. The molecule has 218 valence electrons. The lowest BCUT2D eigenvalue weighted by Gasteiger charge is -2.18. The summed E-state index contributed by atoms with van der Waals surface area (Å²) in [6, 6.07) is 2.02. The lowest BCUT2D eigenvalue weighted by atomic mass is 9.94. The van der Waals surface area contributed by atoms with Crippen LogP contribution in [0.3, 0.4) is 0 Å². The standard InChI is InChI=1S/C24H20F2N6O2S.C4H10.C2H6/c1-10-6-32(7-16(10)33-2)24-30-4-12-13-8-34-9-14(13)17(19(26)20(12)31-24)21-18-11(3-27)23(28)35-22(18)15(25)5-29-21;1-3-4-2;1-2/h4-5,10,16H,6-9,28H2,1-2H3;3-4H2,1-2H3;1-2H3. The third kappa shape index (κ3) is 5.44. The van der Waals surface area contributed by atoms with Crippen LogP contribution < -0.4 is 10.6 Å². The van der Waals surface area contributed by atoms with Gasteiger partial charge in [0.25, 0.3) is 0 Å². The van der Waals surface area contributed by atoms with Crippen molar-refractivity contribution in [2.24, 2.45) is 5.92 Å². The SMILES string of the molecule is CC.CCCC.COC1CN(c2ncc3c4c(c(-c5ncc(F)c6sc(N)c(C#N)c56)c(F)c3n2)COC4)CC1C. The number of nitrogens with zero attached hydrogens (tertiary/aromatic N) is 5. The topological polar surface area (TPSA) is 110 Å². The predicted molar refractivity (Wildman–Crippen MR) is 160 cm³/mol. The number of pyridine rings is 1. The fourth-order valence-electron chi connectivity index (χ4n) is 5.10. The van der Waals surface area contributed by atoms with E-state index in [4.69, 9.17) is 15.2 Å². The van der Waals surface area contributed by atoms with Gasteiger partial charge >= 0.3 is 0 Å². The van der Waals surface area contributed by atoms with Gasteiger partial charge in [-0.3, -0.25) is 4.98 Å². The molecule has 2 aliphatic heterocycles. The number of nitrogens with two attached hydrogens (primary N) is 1. The van der Waals surface area contributed by atoms with Crippen LogP contribution in [0.5, 0.6) is 0 Å². The van der Waals surface area contributed by atoms with Crippen LogP contribution >= 0.6 is 11.3 Å². The predicted octanol–water partition coefficient (Wildman–Crippen LogP) is 6.97. The number of nitriles is 1. The third-order valence-electron chi connectivity index (χ3n) is 7.36. The number of hydrogen-bond acceptors (Lipinski definition) is 9. The average Bonchev–Trinajstić information content (AvgIpc) is 3.72. The van der Waals surface area contributed by atoms with Crippen LogP contribution in [-0.2, 0) is 22.7 Å². The fraction of sp³-hybridized carbons (Fsp3) is 0.467. The van der Waals surface area contributed by atoms with Crippen LogP contribution in [0, 0.1) is 28.9 Å². The van der Waals surface area contributed by atoms with Gasteiger partial charge in [-0.2, -0.15) is 5.26 Å². The van der Waals surface area contributed by atoms with E-state index in [-0.39, 0.29) is 62.7 Å². The Morgan fingerprint density at radius 3 is 2.49 bits per heavy atom. The van der Waals surface area contributed by atoms with Gasteiger partial charge in [0.15, 0.2) is 11.6 Å². The lowest BCUT2D eigenvalue weighted by molar-refractivity contribution is 0.0899. The Kier molecular flexibility index (Phi) is 9.68. The molecule has 0 radical (unpaired) electrons. The Balaban J connectivity index is 0.000000596. The second kappa shape index (κ2) is 13.0. The summed E-state index contributed by atoms with van der Waals surface area (Å²) in [5.41, 5.74) is 7.86. The lowest BCUT2D eigenvalue weighted by Crippen LogP contribution is -2.24. The molecule has 4 aromatic rings. The Labute approximate surface area is 243 Å². The number of methoxy groups -OCH3 is 1. The number of thiophene rings is 1. The van der Waals surface area contributed by atoms with E-state index in [9.17, 15) is 9.65 Å². The van der Waals surface area contributed by atoms with Crippen molar-refractivity contribution < 1.29 is 18.3 Å². The zero-order chi connectivity index (χ0) is 29.8. The summed E-state index contributed by atoms with van der Waals surface area (Å²) < 4.78 is 42.3. The van der Waals surface area contributed by atoms with Crippen molar-refractivity contribution in [3.63, 3.8) is 0 Å². The summed E-state index contributed by atoms with van der Waals surface area (Å²) in [5.74, 6) is -0.547. The van der Waals surface area contributed by atoms with Crippen molar-refractivity contribution in [2.45, 2.75) is 66.8 Å². The Morgan fingerprint density at radius 2 is 1.85 bits per heavy atom. The molecule has 41 heavy (non-hydrogen) atoms. The molecule has 1 aromatic carbocycles. The highest BCUT2D eigenvalue weighted by Crippen LogP contribution is 2.45. The van der Waals surface area contributed by atoms with Gasteiger partial charge in [-0.1, -0.05) is 47.5 Å². The molecule has 1 saturated heterocycles. The van der Waals surface area contributed by atoms with Crippen LogP contribution in [0.15, 0.2) is 12.4 Å². The first kappa shape index (κ1) is 30.5. The molecule has 2 N–H and O–H groups in total. The van der Waals surface area contributed by atoms with E-state index in [0.29, 0.717) is 30.0 Å². The molecular formula is C30H36F2N6O2S.